The molecule has 3 heterocycles. The van der Waals surface area contributed by atoms with E-state index in [1.165, 1.54) is 51.1 Å². The predicted octanol–water partition coefficient (Wildman–Crippen LogP) is 5.28. The van der Waals surface area contributed by atoms with Crippen LogP contribution in [-0.4, -0.2) is 28.5 Å². The number of hydrogen-bond acceptors (Lipinski definition) is 5. The molecule has 4 N–H and O–H groups in total. The van der Waals surface area contributed by atoms with Crippen molar-refractivity contribution in [2.24, 2.45) is 10.7 Å². The number of nitrogens with two attached hydrogens (primary N) is 1. The molecule has 0 spiro atoms. The molecule has 0 bridgehead atoms. The van der Waals surface area contributed by atoms with Gasteiger partial charge in [0.05, 0.1) is 5.69 Å². The molecular formula is C23H31ClN4O. The number of hydrogen-bond donors (Lipinski definition) is 3. The fraction of sp³-hybridized carbons (Fsp3) is 0.478. The molecule has 0 radical (unpaired) electrons. The van der Waals surface area contributed by atoms with E-state index in [4.69, 9.17) is 17.3 Å². The van der Waals surface area contributed by atoms with Gasteiger partial charge in [-0.2, -0.15) is 0 Å². The molecule has 0 aliphatic carbocycles. The van der Waals surface area contributed by atoms with Crippen molar-refractivity contribution in [3.05, 3.63) is 40.4 Å². The van der Waals surface area contributed by atoms with Crippen molar-refractivity contribution in [2.45, 2.75) is 64.8 Å². The highest BCUT2D eigenvalue weighted by Crippen LogP contribution is 2.36. The van der Waals surface area contributed by atoms with Crippen LogP contribution in [0.4, 0.5) is 5.82 Å². The van der Waals surface area contributed by atoms with Crippen LogP contribution in [0.2, 0.25) is 5.02 Å². The average Bonchev–Trinajstić information content (AvgIpc) is 3.06. The number of nitrogens with one attached hydrogen (secondary N) is 1. The molecule has 2 aromatic rings. The molecular weight excluding hydrogens is 384 g/mol. The number of fused-ring (bicyclic) bond motifs is 1. The van der Waals surface area contributed by atoms with Crippen molar-refractivity contribution < 1.29 is 5.11 Å². The van der Waals surface area contributed by atoms with E-state index in [0.29, 0.717) is 34.4 Å². The first-order valence-corrected chi connectivity index (χ1v) is 10.9. The minimum Gasteiger partial charge on any atom is -0.507 e. The van der Waals surface area contributed by atoms with Gasteiger partial charge in [-0.15, -0.1) is 0 Å². The minimum absolute atomic E-state index is 0.118. The number of unbranched alkanes of at least 4 members (excludes halogenated alkanes) is 1. The Morgan fingerprint density at radius 2 is 2.10 bits per heavy atom. The second-order valence-electron chi connectivity index (χ2n) is 7.87. The van der Waals surface area contributed by atoms with E-state index >= 15 is 0 Å². The van der Waals surface area contributed by atoms with Crippen LogP contribution in [0.15, 0.2) is 29.3 Å². The van der Waals surface area contributed by atoms with Crippen LogP contribution < -0.4 is 11.1 Å². The lowest BCUT2D eigenvalue weighted by molar-refractivity contribution is 0.374. The maximum atomic E-state index is 10.0. The highest BCUT2D eigenvalue weighted by atomic mass is 35.5. The van der Waals surface area contributed by atoms with Crippen molar-refractivity contribution in [2.75, 3.05) is 6.54 Å². The summed E-state index contributed by atoms with van der Waals surface area (Å²) in [5.74, 6) is 1.31. The summed E-state index contributed by atoms with van der Waals surface area (Å²) >= 11 is 5.90. The first-order valence-electron chi connectivity index (χ1n) is 10.5. The average molecular weight is 415 g/mol. The maximum Gasteiger partial charge on any atom is 0.158 e. The maximum absolute atomic E-state index is 10.0. The van der Waals surface area contributed by atoms with Crippen LogP contribution in [0.3, 0.4) is 0 Å². The number of aliphatic imine (C=N–C) groups is 1. The molecule has 156 valence electrons. The van der Waals surface area contributed by atoms with Crippen molar-refractivity contribution >= 4 is 23.3 Å². The zero-order chi connectivity index (χ0) is 20.8. The number of pyridine rings is 1. The molecule has 1 fully saturated rings. The SMILES string of the molecule is CCCCC1CCCCN1.Cc1cc(Cl)cc(O)c1-c1ccc2c(n1)N=C(N)C2. The Labute approximate surface area is 178 Å². The quantitative estimate of drug-likeness (QED) is 0.635. The summed E-state index contributed by atoms with van der Waals surface area (Å²) in [6, 6.07) is 7.96. The Kier molecular flexibility index (Phi) is 7.51. The monoisotopic (exact) mass is 414 g/mol. The summed E-state index contributed by atoms with van der Waals surface area (Å²) < 4.78 is 0. The Morgan fingerprint density at radius 1 is 1.28 bits per heavy atom. The molecule has 0 saturated carbocycles. The van der Waals surface area contributed by atoms with Crippen molar-refractivity contribution in [3.8, 4) is 17.0 Å². The number of aromatic hydroxyl groups is 1. The fourth-order valence-electron chi connectivity index (χ4n) is 3.90. The third-order valence-corrected chi connectivity index (χ3v) is 5.65. The van der Waals surface area contributed by atoms with Crippen molar-refractivity contribution in [1.82, 2.24) is 10.3 Å². The van der Waals surface area contributed by atoms with Crippen molar-refractivity contribution in [1.29, 1.82) is 0 Å². The Hall–Kier alpha value is -2.11. The zero-order valence-corrected chi connectivity index (χ0v) is 18.1. The Morgan fingerprint density at radius 3 is 2.79 bits per heavy atom. The number of aromatic nitrogens is 1. The number of rotatable bonds is 4. The van der Waals surface area contributed by atoms with Gasteiger partial charge in [-0.25, -0.2) is 9.98 Å². The highest BCUT2D eigenvalue weighted by Gasteiger charge is 2.17. The number of halogens is 1. The number of aryl methyl sites for hydroxylation is 1. The normalized spacial score (nSPS) is 17.9. The number of piperidine rings is 1. The van der Waals surface area contributed by atoms with E-state index in [9.17, 15) is 5.11 Å². The van der Waals surface area contributed by atoms with Gasteiger partial charge in [0.25, 0.3) is 0 Å². The minimum atomic E-state index is 0.118. The largest absolute Gasteiger partial charge is 0.507 e. The second kappa shape index (κ2) is 10.1. The lowest BCUT2D eigenvalue weighted by Gasteiger charge is -2.22. The van der Waals surface area contributed by atoms with Gasteiger partial charge in [0.1, 0.15) is 11.6 Å². The molecule has 1 aromatic carbocycles. The first-order chi connectivity index (χ1) is 14.0. The summed E-state index contributed by atoms with van der Waals surface area (Å²) in [4.78, 5) is 8.65. The van der Waals surface area contributed by atoms with Crippen molar-refractivity contribution in [3.63, 3.8) is 0 Å². The number of phenols is 1. The standard InChI is InChI=1S/C14H12ClN3O.C9H19N/c1-7-4-9(15)6-11(19)13(7)10-3-2-8-5-12(16)18-14(8)17-10;1-2-3-6-9-7-4-5-8-10-9/h2-4,6,19H,5H2,1H3,(H2,16,17,18);9-10H,2-8H2,1H3. The third kappa shape index (κ3) is 5.71. The molecule has 29 heavy (non-hydrogen) atoms. The van der Waals surface area contributed by atoms with Gasteiger partial charge in [0, 0.05) is 28.6 Å². The van der Waals surface area contributed by atoms with E-state index in [2.05, 4.69) is 22.2 Å². The fourth-order valence-corrected chi connectivity index (χ4v) is 4.17. The molecule has 4 rings (SSSR count). The number of phenolic OH excluding ortho intramolecular Hbond substituents is 1. The summed E-state index contributed by atoms with van der Waals surface area (Å²) in [5, 5.41) is 14.1. The Balaban J connectivity index is 0.000000204. The summed E-state index contributed by atoms with van der Waals surface area (Å²) in [7, 11) is 0. The van der Waals surface area contributed by atoms with Gasteiger partial charge < -0.3 is 16.2 Å². The summed E-state index contributed by atoms with van der Waals surface area (Å²) in [6.45, 7) is 5.41. The van der Waals surface area contributed by atoms with E-state index in [1.807, 2.05) is 19.1 Å². The first kappa shape index (κ1) is 21.6. The van der Waals surface area contributed by atoms with Gasteiger partial charge in [-0.3, -0.25) is 0 Å². The van der Waals surface area contributed by atoms with Gasteiger partial charge >= 0.3 is 0 Å². The zero-order valence-electron chi connectivity index (χ0n) is 17.3. The van der Waals surface area contributed by atoms with Gasteiger partial charge in [-0.1, -0.05) is 43.9 Å². The van der Waals surface area contributed by atoms with E-state index in [-0.39, 0.29) is 5.75 Å². The lowest BCUT2D eigenvalue weighted by Crippen LogP contribution is -2.33. The molecule has 1 aromatic heterocycles. The van der Waals surface area contributed by atoms with Gasteiger partial charge in [-0.05, 0) is 56.5 Å². The lowest BCUT2D eigenvalue weighted by atomic mass is 10.0. The Bertz CT molecular complexity index is 852. The third-order valence-electron chi connectivity index (χ3n) is 5.43. The van der Waals surface area contributed by atoms with Crippen LogP contribution in [0.5, 0.6) is 5.75 Å². The molecule has 0 amide bonds. The number of benzene rings is 1. The molecule has 1 saturated heterocycles. The van der Waals surface area contributed by atoms with Crippen LogP contribution in [0.25, 0.3) is 11.3 Å². The van der Waals surface area contributed by atoms with E-state index in [0.717, 1.165) is 17.2 Å². The predicted molar refractivity (Wildman–Crippen MR) is 121 cm³/mol. The van der Waals surface area contributed by atoms with Crippen LogP contribution in [0, 0.1) is 6.92 Å². The summed E-state index contributed by atoms with van der Waals surface area (Å²) in [6.07, 6.45) is 9.03. The van der Waals surface area contributed by atoms with Crippen LogP contribution in [0.1, 0.15) is 56.6 Å². The number of nitrogens with zero attached hydrogens (tertiary/aromatic N) is 2. The highest BCUT2D eigenvalue weighted by molar-refractivity contribution is 6.31. The topological polar surface area (TPSA) is 83.5 Å². The van der Waals surface area contributed by atoms with Crippen LogP contribution in [-0.2, 0) is 6.42 Å². The molecule has 2 aliphatic heterocycles. The smallest absolute Gasteiger partial charge is 0.158 e. The summed E-state index contributed by atoms with van der Waals surface area (Å²) in [5.41, 5.74) is 8.92. The molecule has 1 atom stereocenters. The molecule has 1 unspecified atom stereocenters. The second-order valence-corrected chi connectivity index (χ2v) is 8.30. The number of amidine groups is 1. The van der Waals surface area contributed by atoms with Gasteiger partial charge in [0.15, 0.2) is 5.82 Å². The van der Waals surface area contributed by atoms with E-state index in [1.54, 1.807) is 6.07 Å². The van der Waals surface area contributed by atoms with Crippen LogP contribution >= 0.6 is 11.6 Å². The molecule has 2 aliphatic rings. The molecule has 5 nitrogen and oxygen atoms in total. The van der Waals surface area contributed by atoms with Gasteiger partial charge in [0.2, 0.25) is 0 Å². The molecule has 6 heteroatoms. The van der Waals surface area contributed by atoms with E-state index < -0.39 is 0 Å².